The van der Waals surface area contributed by atoms with Crippen LogP contribution in [-0.4, -0.2) is 31.9 Å². The molecule has 1 aromatic carbocycles. The molecule has 1 aromatic rings. The lowest BCUT2D eigenvalue weighted by Crippen LogP contribution is -2.17. The van der Waals surface area contributed by atoms with Crippen molar-refractivity contribution in [3.8, 4) is 5.75 Å². The monoisotopic (exact) mass is 221 g/mol. The van der Waals surface area contributed by atoms with Crippen LogP contribution in [0.3, 0.4) is 0 Å². The van der Waals surface area contributed by atoms with Gasteiger partial charge >= 0.3 is 0 Å². The van der Waals surface area contributed by atoms with Gasteiger partial charge in [0.25, 0.3) is 0 Å². The van der Waals surface area contributed by atoms with E-state index in [0.29, 0.717) is 5.92 Å². The molecule has 1 aliphatic heterocycles. The predicted molar refractivity (Wildman–Crippen MR) is 65.3 cm³/mol. The summed E-state index contributed by atoms with van der Waals surface area (Å²) in [6.45, 7) is 2.80. The van der Waals surface area contributed by atoms with Crippen LogP contribution < -0.4 is 9.64 Å². The van der Waals surface area contributed by atoms with Crippen molar-refractivity contribution < 1.29 is 9.84 Å². The van der Waals surface area contributed by atoms with Crippen LogP contribution in [0.25, 0.3) is 0 Å². The number of ether oxygens (including phenoxy) is 1. The Morgan fingerprint density at radius 3 is 2.94 bits per heavy atom. The van der Waals surface area contributed by atoms with Gasteiger partial charge in [-0.2, -0.15) is 0 Å². The second-order valence-corrected chi connectivity index (χ2v) is 4.56. The van der Waals surface area contributed by atoms with Gasteiger partial charge in [0, 0.05) is 30.8 Å². The molecule has 0 saturated carbocycles. The Balaban J connectivity index is 2.38. The van der Waals surface area contributed by atoms with Gasteiger partial charge < -0.3 is 14.7 Å². The number of benzene rings is 1. The Morgan fingerprint density at radius 1 is 1.56 bits per heavy atom. The fraction of sp³-hybridized carbons (Fsp3) is 0.538. The van der Waals surface area contributed by atoms with Crippen molar-refractivity contribution >= 4 is 5.69 Å². The van der Waals surface area contributed by atoms with Crippen LogP contribution in [0.15, 0.2) is 18.2 Å². The van der Waals surface area contributed by atoms with Gasteiger partial charge in [0.15, 0.2) is 0 Å². The summed E-state index contributed by atoms with van der Waals surface area (Å²) in [6.07, 6.45) is 0.520. The summed E-state index contributed by atoms with van der Waals surface area (Å²) in [7, 11) is 3.79. The molecule has 0 spiro atoms. The third kappa shape index (κ3) is 1.87. The van der Waals surface area contributed by atoms with E-state index in [1.165, 1.54) is 11.3 Å². The predicted octanol–water partition coefficient (Wildman–Crippen LogP) is 2.00. The van der Waals surface area contributed by atoms with Crippen molar-refractivity contribution in [1.82, 2.24) is 0 Å². The molecule has 16 heavy (non-hydrogen) atoms. The minimum atomic E-state index is -0.269. The van der Waals surface area contributed by atoms with Crippen LogP contribution in [-0.2, 0) is 0 Å². The molecule has 0 amide bonds. The molecule has 0 radical (unpaired) electrons. The molecule has 2 atom stereocenters. The van der Waals surface area contributed by atoms with E-state index in [0.717, 1.165) is 18.7 Å². The van der Waals surface area contributed by atoms with Gasteiger partial charge in [-0.25, -0.2) is 0 Å². The van der Waals surface area contributed by atoms with Crippen LogP contribution in [0.5, 0.6) is 5.75 Å². The summed E-state index contributed by atoms with van der Waals surface area (Å²) in [5.41, 5.74) is 2.47. The van der Waals surface area contributed by atoms with Gasteiger partial charge in [0.2, 0.25) is 0 Å². The van der Waals surface area contributed by atoms with Crippen molar-refractivity contribution in [2.45, 2.75) is 25.4 Å². The number of likely N-dealkylation sites (N-methyl/N-ethyl adjacent to an activating group) is 1. The Hall–Kier alpha value is -1.22. The van der Waals surface area contributed by atoms with Crippen LogP contribution in [0.2, 0.25) is 0 Å². The normalized spacial score (nSPS) is 20.8. The van der Waals surface area contributed by atoms with Crippen molar-refractivity contribution in [2.75, 3.05) is 25.6 Å². The molecule has 0 aliphatic carbocycles. The number of hydrogen-bond donors (Lipinski definition) is 1. The lowest BCUT2D eigenvalue weighted by atomic mass is 9.95. The first-order valence-corrected chi connectivity index (χ1v) is 5.69. The summed E-state index contributed by atoms with van der Waals surface area (Å²) in [5.74, 6) is 1.31. The number of anilines is 1. The molecule has 0 bridgehead atoms. The molecular weight excluding hydrogens is 202 g/mol. The maximum Gasteiger partial charge on any atom is 0.124 e. The number of rotatable bonds is 3. The van der Waals surface area contributed by atoms with Gasteiger partial charge in [0.1, 0.15) is 5.75 Å². The van der Waals surface area contributed by atoms with E-state index in [-0.39, 0.29) is 6.10 Å². The molecule has 88 valence electrons. The number of aliphatic hydroxyl groups is 1. The van der Waals surface area contributed by atoms with Crippen molar-refractivity contribution in [2.24, 2.45) is 0 Å². The van der Waals surface area contributed by atoms with Crippen LogP contribution in [0, 0.1) is 0 Å². The molecule has 1 N–H and O–H groups in total. The van der Waals surface area contributed by atoms with E-state index in [1.807, 2.05) is 19.1 Å². The smallest absolute Gasteiger partial charge is 0.124 e. The first-order chi connectivity index (χ1) is 7.63. The highest BCUT2D eigenvalue weighted by Gasteiger charge is 2.30. The standard InChI is InChI=1S/C13H19NO2/c1-9(15)7-10-8-14(2)11-5-4-6-12(16-3)13(10)11/h4-6,9-10,15H,7-8H2,1-3H3. The third-order valence-electron chi connectivity index (χ3n) is 3.20. The van der Waals surface area contributed by atoms with E-state index >= 15 is 0 Å². The Bertz CT molecular complexity index is 374. The van der Waals surface area contributed by atoms with E-state index in [2.05, 4.69) is 18.0 Å². The minimum absolute atomic E-state index is 0.269. The first-order valence-electron chi connectivity index (χ1n) is 5.69. The zero-order valence-corrected chi connectivity index (χ0v) is 10.1. The lowest BCUT2D eigenvalue weighted by molar-refractivity contribution is 0.175. The maximum absolute atomic E-state index is 9.53. The van der Waals surface area contributed by atoms with E-state index in [9.17, 15) is 5.11 Å². The Morgan fingerprint density at radius 2 is 2.31 bits per heavy atom. The summed E-state index contributed by atoms with van der Waals surface area (Å²) >= 11 is 0. The van der Waals surface area contributed by atoms with Crippen LogP contribution >= 0.6 is 0 Å². The summed E-state index contributed by atoms with van der Waals surface area (Å²) in [5, 5.41) is 9.53. The molecule has 3 nitrogen and oxygen atoms in total. The molecule has 2 rings (SSSR count). The number of methoxy groups -OCH3 is 1. The Labute approximate surface area is 96.6 Å². The molecule has 1 aliphatic rings. The highest BCUT2D eigenvalue weighted by molar-refractivity contribution is 5.64. The zero-order valence-electron chi connectivity index (χ0n) is 10.1. The van der Waals surface area contributed by atoms with E-state index in [1.54, 1.807) is 7.11 Å². The summed E-state index contributed by atoms with van der Waals surface area (Å²) in [6, 6.07) is 6.12. The molecular formula is C13H19NO2. The zero-order chi connectivity index (χ0) is 11.7. The van der Waals surface area contributed by atoms with Gasteiger partial charge in [-0.3, -0.25) is 0 Å². The highest BCUT2D eigenvalue weighted by Crippen LogP contribution is 2.43. The minimum Gasteiger partial charge on any atom is -0.496 e. The highest BCUT2D eigenvalue weighted by atomic mass is 16.5. The van der Waals surface area contributed by atoms with Gasteiger partial charge in [-0.1, -0.05) is 6.07 Å². The number of nitrogens with zero attached hydrogens (tertiary/aromatic N) is 1. The molecule has 1 heterocycles. The second-order valence-electron chi connectivity index (χ2n) is 4.56. The number of fused-ring (bicyclic) bond motifs is 1. The quantitative estimate of drug-likeness (QED) is 0.847. The van der Waals surface area contributed by atoms with E-state index < -0.39 is 0 Å². The van der Waals surface area contributed by atoms with Crippen molar-refractivity contribution in [3.63, 3.8) is 0 Å². The fourth-order valence-electron chi connectivity index (χ4n) is 2.58. The molecule has 2 unspecified atom stereocenters. The van der Waals surface area contributed by atoms with Crippen molar-refractivity contribution in [3.05, 3.63) is 23.8 Å². The first kappa shape index (κ1) is 11.3. The largest absolute Gasteiger partial charge is 0.496 e. The van der Waals surface area contributed by atoms with Gasteiger partial charge in [0.05, 0.1) is 13.2 Å². The summed E-state index contributed by atoms with van der Waals surface area (Å²) in [4.78, 5) is 2.23. The third-order valence-corrected chi connectivity index (χ3v) is 3.20. The average Bonchev–Trinajstić information content (AvgIpc) is 2.55. The SMILES string of the molecule is COc1cccc2c1C(CC(C)O)CN2C. The summed E-state index contributed by atoms with van der Waals surface area (Å²) < 4.78 is 5.41. The Kier molecular flexibility index (Phi) is 3.06. The van der Waals surface area contributed by atoms with E-state index in [4.69, 9.17) is 4.74 Å². The average molecular weight is 221 g/mol. The fourth-order valence-corrected chi connectivity index (χ4v) is 2.58. The van der Waals surface area contributed by atoms with Crippen LogP contribution in [0.1, 0.15) is 24.8 Å². The van der Waals surface area contributed by atoms with Gasteiger partial charge in [-0.05, 0) is 25.5 Å². The molecule has 0 saturated heterocycles. The topological polar surface area (TPSA) is 32.7 Å². The van der Waals surface area contributed by atoms with Crippen molar-refractivity contribution in [1.29, 1.82) is 0 Å². The molecule has 0 aromatic heterocycles. The molecule has 3 heteroatoms. The maximum atomic E-state index is 9.53. The second kappa shape index (κ2) is 4.34. The van der Waals surface area contributed by atoms with Crippen LogP contribution in [0.4, 0.5) is 5.69 Å². The molecule has 0 fully saturated rings. The van der Waals surface area contributed by atoms with Gasteiger partial charge in [-0.15, -0.1) is 0 Å². The lowest BCUT2D eigenvalue weighted by Gasteiger charge is -2.15. The number of hydrogen-bond acceptors (Lipinski definition) is 3. The number of aliphatic hydroxyl groups excluding tert-OH is 1.